The highest BCUT2D eigenvalue weighted by molar-refractivity contribution is 7.97. The van der Waals surface area contributed by atoms with Crippen LogP contribution in [-0.2, 0) is 10.5 Å². The Balaban J connectivity index is 1.68. The molecular weight excluding hydrogens is 370 g/mol. The molecule has 1 aliphatic heterocycles. The van der Waals surface area contributed by atoms with Crippen molar-refractivity contribution in [3.8, 4) is 16.9 Å². The highest BCUT2D eigenvalue weighted by atomic mass is 32.2. The molecule has 0 saturated carbocycles. The van der Waals surface area contributed by atoms with E-state index in [1.807, 2.05) is 25.3 Å². The van der Waals surface area contributed by atoms with Crippen LogP contribution >= 0.6 is 11.8 Å². The molecule has 3 heterocycles. The van der Waals surface area contributed by atoms with Gasteiger partial charge < -0.3 is 10.1 Å². The molecule has 3 aromatic rings. The van der Waals surface area contributed by atoms with E-state index < -0.39 is 0 Å². The fourth-order valence-corrected chi connectivity index (χ4v) is 3.96. The van der Waals surface area contributed by atoms with E-state index in [0.29, 0.717) is 13.0 Å². The summed E-state index contributed by atoms with van der Waals surface area (Å²) in [6.45, 7) is 2.69. The number of fused-ring (bicyclic) bond motifs is 1. The molecule has 1 saturated heterocycles. The number of aromatic nitrogens is 2. The summed E-state index contributed by atoms with van der Waals surface area (Å²) in [5.74, 6) is 1.97. The molecule has 4 rings (SSSR count). The summed E-state index contributed by atoms with van der Waals surface area (Å²) in [5.41, 5.74) is 4.01. The molecule has 2 atom stereocenters. The molecule has 1 N–H and O–H groups in total. The molecule has 0 unspecified atom stereocenters. The molecule has 0 aliphatic carbocycles. The van der Waals surface area contributed by atoms with Crippen LogP contribution in [0.4, 0.5) is 0 Å². The number of benzene rings is 1. The van der Waals surface area contributed by atoms with Gasteiger partial charge in [0.2, 0.25) is 5.91 Å². The van der Waals surface area contributed by atoms with Gasteiger partial charge in [0.05, 0.1) is 11.2 Å². The number of nitrogens with zero attached hydrogens (tertiary/aromatic N) is 2. The fraction of sp³-hybridized carbons (Fsp3) is 0.318. The van der Waals surface area contributed by atoms with E-state index in [1.165, 1.54) is 0 Å². The number of nitrogens with one attached hydrogen (secondary N) is 1. The highest BCUT2D eigenvalue weighted by Crippen LogP contribution is 2.33. The van der Waals surface area contributed by atoms with Gasteiger partial charge in [0.1, 0.15) is 11.9 Å². The Morgan fingerprint density at radius 2 is 2.14 bits per heavy atom. The zero-order valence-electron chi connectivity index (χ0n) is 16.0. The van der Waals surface area contributed by atoms with E-state index in [0.717, 1.165) is 39.2 Å². The van der Waals surface area contributed by atoms with Crippen LogP contribution in [0.5, 0.6) is 5.75 Å². The van der Waals surface area contributed by atoms with Crippen molar-refractivity contribution in [1.29, 1.82) is 0 Å². The van der Waals surface area contributed by atoms with Crippen LogP contribution in [0.15, 0.2) is 48.8 Å². The molecule has 144 valence electrons. The SMILES string of the molecule is CSCc1ccc(-c2cc(O[C@H](C)[C@H]3CNC(=O)C3)c3cccnc3c2)cn1. The third kappa shape index (κ3) is 3.97. The predicted molar refractivity (Wildman–Crippen MR) is 113 cm³/mol. The van der Waals surface area contributed by atoms with Crippen molar-refractivity contribution < 1.29 is 9.53 Å². The average Bonchev–Trinajstić information content (AvgIpc) is 3.15. The third-order valence-corrected chi connectivity index (χ3v) is 5.70. The number of ether oxygens (including phenoxy) is 1. The van der Waals surface area contributed by atoms with Crippen molar-refractivity contribution in [2.45, 2.75) is 25.2 Å². The van der Waals surface area contributed by atoms with Crippen LogP contribution in [-0.4, -0.2) is 34.8 Å². The van der Waals surface area contributed by atoms with Crippen molar-refractivity contribution >= 4 is 28.6 Å². The number of rotatable bonds is 6. The first-order chi connectivity index (χ1) is 13.6. The van der Waals surface area contributed by atoms with Gasteiger partial charge >= 0.3 is 0 Å². The lowest BCUT2D eigenvalue weighted by Gasteiger charge is -2.21. The summed E-state index contributed by atoms with van der Waals surface area (Å²) in [6.07, 6.45) is 6.21. The van der Waals surface area contributed by atoms with Gasteiger partial charge in [-0.05, 0) is 49.1 Å². The molecule has 6 heteroatoms. The van der Waals surface area contributed by atoms with Crippen molar-refractivity contribution in [2.24, 2.45) is 5.92 Å². The van der Waals surface area contributed by atoms with E-state index >= 15 is 0 Å². The number of amides is 1. The molecule has 1 aliphatic rings. The largest absolute Gasteiger partial charge is 0.490 e. The van der Waals surface area contributed by atoms with E-state index in [9.17, 15) is 4.79 Å². The Labute approximate surface area is 168 Å². The molecule has 2 aromatic heterocycles. The van der Waals surface area contributed by atoms with Crippen LogP contribution in [0.1, 0.15) is 19.0 Å². The minimum atomic E-state index is -0.0697. The van der Waals surface area contributed by atoms with Crippen LogP contribution < -0.4 is 10.1 Å². The van der Waals surface area contributed by atoms with Crippen molar-refractivity contribution in [1.82, 2.24) is 15.3 Å². The maximum Gasteiger partial charge on any atom is 0.220 e. The first-order valence-electron chi connectivity index (χ1n) is 9.40. The summed E-state index contributed by atoms with van der Waals surface area (Å²) in [4.78, 5) is 20.6. The molecule has 1 fully saturated rings. The van der Waals surface area contributed by atoms with Gasteiger partial charge in [0.15, 0.2) is 0 Å². The fourth-order valence-electron chi connectivity index (χ4n) is 3.50. The zero-order chi connectivity index (χ0) is 19.5. The van der Waals surface area contributed by atoms with E-state index in [2.05, 4.69) is 45.8 Å². The van der Waals surface area contributed by atoms with Crippen molar-refractivity contribution in [3.63, 3.8) is 0 Å². The third-order valence-electron chi connectivity index (χ3n) is 5.12. The summed E-state index contributed by atoms with van der Waals surface area (Å²) >= 11 is 1.76. The number of thioether (sulfide) groups is 1. The second-order valence-electron chi connectivity index (χ2n) is 7.11. The minimum Gasteiger partial charge on any atom is -0.490 e. The molecular formula is C22H23N3O2S. The van der Waals surface area contributed by atoms with Crippen LogP contribution in [0.3, 0.4) is 0 Å². The Bertz CT molecular complexity index is 991. The smallest absolute Gasteiger partial charge is 0.220 e. The quantitative estimate of drug-likeness (QED) is 0.684. The molecule has 0 bridgehead atoms. The van der Waals surface area contributed by atoms with Gasteiger partial charge in [0, 0.05) is 48.0 Å². The summed E-state index contributed by atoms with van der Waals surface area (Å²) in [5, 5.41) is 3.86. The second-order valence-corrected chi connectivity index (χ2v) is 7.97. The summed E-state index contributed by atoms with van der Waals surface area (Å²) in [6, 6.07) is 12.2. The van der Waals surface area contributed by atoms with Gasteiger partial charge in [-0.25, -0.2) is 0 Å². The molecule has 0 radical (unpaired) electrons. The number of hydrogen-bond donors (Lipinski definition) is 1. The average molecular weight is 394 g/mol. The molecule has 1 aromatic carbocycles. The maximum absolute atomic E-state index is 11.6. The van der Waals surface area contributed by atoms with Crippen molar-refractivity contribution in [3.05, 3.63) is 54.5 Å². The maximum atomic E-state index is 11.6. The van der Waals surface area contributed by atoms with Crippen LogP contribution in [0.2, 0.25) is 0 Å². The Hall–Kier alpha value is -2.60. The monoisotopic (exact) mass is 393 g/mol. The number of hydrogen-bond acceptors (Lipinski definition) is 5. The lowest BCUT2D eigenvalue weighted by atomic mass is 10.0. The standard InChI is InChI=1S/C22H23N3O2S/c1-14(17-10-22(26)25-12-17)27-21-9-16(8-20-19(21)4-3-7-23-20)15-5-6-18(13-28-2)24-11-15/h3-9,11,14,17H,10,12-13H2,1-2H3,(H,25,26)/t14-,17-/m1/s1. The van der Waals surface area contributed by atoms with Crippen molar-refractivity contribution in [2.75, 3.05) is 12.8 Å². The van der Waals surface area contributed by atoms with Gasteiger partial charge in [-0.1, -0.05) is 6.07 Å². The van der Waals surface area contributed by atoms with Crippen LogP contribution in [0, 0.1) is 5.92 Å². The molecule has 5 nitrogen and oxygen atoms in total. The van der Waals surface area contributed by atoms with Gasteiger partial charge in [0.25, 0.3) is 0 Å². The lowest BCUT2D eigenvalue weighted by molar-refractivity contribution is -0.119. The topological polar surface area (TPSA) is 64.1 Å². The Morgan fingerprint density at radius 1 is 1.25 bits per heavy atom. The Morgan fingerprint density at radius 3 is 2.86 bits per heavy atom. The molecule has 28 heavy (non-hydrogen) atoms. The van der Waals surface area contributed by atoms with E-state index in [1.54, 1.807) is 18.0 Å². The van der Waals surface area contributed by atoms with E-state index in [-0.39, 0.29) is 17.9 Å². The molecule has 1 amide bonds. The first-order valence-corrected chi connectivity index (χ1v) is 10.8. The zero-order valence-corrected chi connectivity index (χ0v) is 16.8. The molecule has 0 spiro atoms. The Kier molecular flexibility index (Phi) is 5.48. The van der Waals surface area contributed by atoms with E-state index in [4.69, 9.17) is 4.74 Å². The van der Waals surface area contributed by atoms with Crippen LogP contribution in [0.25, 0.3) is 22.0 Å². The lowest BCUT2D eigenvalue weighted by Crippen LogP contribution is -2.25. The van der Waals surface area contributed by atoms with Gasteiger partial charge in [-0.2, -0.15) is 11.8 Å². The number of carbonyl (C=O) groups is 1. The second kappa shape index (κ2) is 8.19. The summed E-state index contributed by atoms with van der Waals surface area (Å²) < 4.78 is 6.33. The first kappa shape index (κ1) is 18.7. The van der Waals surface area contributed by atoms with Gasteiger partial charge in [-0.3, -0.25) is 14.8 Å². The summed E-state index contributed by atoms with van der Waals surface area (Å²) in [7, 11) is 0. The minimum absolute atomic E-state index is 0.0697. The highest BCUT2D eigenvalue weighted by Gasteiger charge is 2.28. The normalized spacial score (nSPS) is 17.5. The van der Waals surface area contributed by atoms with Gasteiger partial charge in [-0.15, -0.1) is 0 Å². The number of pyridine rings is 2. The predicted octanol–water partition coefficient (Wildman–Crippen LogP) is 4.06. The number of carbonyl (C=O) groups excluding carboxylic acids is 1.